The summed E-state index contributed by atoms with van der Waals surface area (Å²) in [5.41, 5.74) is 6.82. The molecule has 4 nitrogen and oxygen atoms in total. The van der Waals surface area contributed by atoms with E-state index in [4.69, 9.17) is 10.3 Å². The van der Waals surface area contributed by atoms with Gasteiger partial charge in [-0.25, -0.2) is 8.78 Å². The zero-order valence-corrected chi connectivity index (χ0v) is 16.6. The van der Waals surface area contributed by atoms with Crippen molar-refractivity contribution in [2.75, 3.05) is 0 Å². The van der Waals surface area contributed by atoms with E-state index < -0.39 is 17.2 Å². The van der Waals surface area contributed by atoms with Gasteiger partial charge in [-0.2, -0.15) is 4.98 Å². The van der Waals surface area contributed by atoms with E-state index in [9.17, 15) is 8.78 Å². The number of nitrogens with zero attached hydrogens (tertiary/aromatic N) is 2. The fourth-order valence-electron chi connectivity index (χ4n) is 3.35. The highest BCUT2D eigenvalue weighted by atomic mass is 35.5. The van der Waals surface area contributed by atoms with Crippen LogP contribution in [0.4, 0.5) is 8.78 Å². The van der Waals surface area contributed by atoms with Crippen LogP contribution in [0.15, 0.2) is 57.9 Å². The van der Waals surface area contributed by atoms with Crippen LogP contribution in [0.25, 0.3) is 0 Å². The van der Waals surface area contributed by atoms with E-state index in [0.29, 0.717) is 16.6 Å². The summed E-state index contributed by atoms with van der Waals surface area (Å²) in [6.45, 7) is 0. The Hall–Kier alpha value is -1.96. The molecule has 1 aliphatic carbocycles. The van der Waals surface area contributed by atoms with E-state index in [1.165, 1.54) is 23.9 Å². The zero-order chi connectivity index (χ0) is 18.9. The summed E-state index contributed by atoms with van der Waals surface area (Å²) in [5, 5.41) is 3.79. The van der Waals surface area contributed by atoms with Crippen LogP contribution < -0.4 is 5.73 Å². The van der Waals surface area contributed by atoms with Gasteiger partial charge < -0.3 is 10.3 Å². The zero-order valence-electron chi connectivity index (χ0n) is 15.0. The molecule has 1 fully saturated rings. The topological polar surface area (TPSA) is 64.9 Å². The highest BCUT2D eigenvalue weighted by molar-refractivity contribution is 7.99. The molecule has 0 bridgehead atoms. The maximum atomic E-state index is 13.6. The molecular weight excluding hydrogens is 404 g/mol. The van der Waals surface area contributed by atoms with Crippen molar-refractivity contribution in [1.82, 2.24) is 10.1 Å². The highest BCUT2D eigenvalue weighted by Crippen LogP contribution is 2.41. The van der Waals surface area contributed by atoms with Crippen molar-refractivity contribution >= 4 is 24.2 Å². The van der Waals surface area contributed by atoms with Crippen LogP contribution in [0, 0.1) is 11.6 Å². The molecule has 0 saturated heterocycles. The van der Waals surface area contributed by atoms with Gasteiger partial charge >= 0.3 is 0 Å². The molecule has 1 heterocycles. The number of hydrogen-bond acceptors (Lipinski definition) is 5. The molecule has 1 aromatic heterocycles. The lowest BCUT2D eigenvalue weighted by molar-refractivity contribution is 0.351. The number of nitrogens with two attached hydrogens (primary N) is 1. The van der Waals surface area contributed by atoms with E-state index in [-0.39, 0.29) is 17.7 Å². The van der Waals surface area contributed by atoms with Crippen LogP contribution in [-0.4, -0.2) is 10.1 Å². The van der Waals surface area contributed by atoms with Crippen molar-refractivity contribution < 1.29 is 13.3 Å². The second-order valence-electron chi connectivity index (χ2n) is 6.80. The molecule has 28 heavy (non-hydrogen) atoms. The van der Waals surface area contributed by atoms with Crippen molar-refractivity contribution in [3.05, 3.63) is 77.4 Å². The van der Waals surface area contributed by atoms with Gasteiger partial charge in [0.25, 0.3) is 0 Å². The molecular formula is C20H20ClF2N3OS. The van der Waals surface area contributed by atoms with E-state index in [0.717, 1.165) is 37.3 Å². The van der Waals surface area contributed by atoms with Gasteiger partial charge in [0.1, 0.15) is 5.25 Å². The molecule has 0 radical (unpaired) electrons. The molecule has 3 aromatic rings. The van der Waals surface area contributed by atoms with Crippen LogP contribution >= 0.6 is 24.2 Å². The molecule has 4 rings (SSSR count). The predicted octanol–water partition coefficient (Wildman–Crippen LogP) is 5.38. The molecule has 2 N–H and O–H groups in total. The fraction of sp³-hybridized carbons (Fsp3) is 0.300. The van der Waals surface area contributed by atoms with Gasteiger partial charge in [-0.3, -0.25) is 0 Å². The molecule has 148 valence electrons. The summed E-state index contributed by atoms with van der Waals surface area (Å²) in [4.78, 5) is 5.16. The third kappa shape index (κ3) is 4.21. The van der Waals surface area contributed by atoms with Crippen LogP contribution in [0.3, 0.4) is 0 Å². The van der Waals surface area contributed by atoms with Crippen molar-refractivity contribution in [1.29, 1.82) is 0 Å². The summed E-state index contributed by atoms with van der Waals surface area (Å²) in [7, 11) is 0. The standard InChI is InChI=1S/C20H19F2N3OS.ClH/c21-15-9-8-14(12-16(15)22)27-17(13-6-2-1-3-7-13)18-24-19(25-26-18)20(23)10-4-5-11-20;/h1-3,6-9,12,17H,4-5,10-11,23H2;1H. The minimum Gasteiger partial charge on any atom is -0.338 e. The number of rotatable bonds is 5. The first-order valence-electron chi connectivity index (χ1n) is 8.85. The molecule has 1 atom stereocenters. The van der Waals surface area contributed by atoms with Crippen molar-refractivity contribution in [2.45, 2.75) is 41.4 Å². The smallest absolute Gasteiger partial charge is 0.244 e. The Labute approximate surface area is 172 Å². The molecule has 8 heteroatoms. The lowest BCUT2D eigenvalue weighted by atomic mass is 9.99. The molecule has 1 unspecified atom stereocenters. The van der Waals surface area contributed by atoms with Crippen LogP contribution in [0.5, 0.6) is 0 Å². The molecule has 0 aliphatic heterocycles. The maximum absolute atomic E-state index is 13.6. The minimum atomic E-state index is -0.884. The average Bonchev–Trinajstić information content (AvgIpc) is 3.34. The quantitative estimate of drug-likeness (QED) is 0.558. The third-order valence-electron chi connectivity index (χ3n) is 4.85. The summed E-state index contributed by atoms with van der Waals surface area (Å²) in [6.07, 6.45) is 3.76. The molecule has 1 saturated carbocycles. The monoisotopic (exact) mass is 423 g/mol. The second-order valence-corrected chi connectivity index (χ2v) is 7.98. The summed E-state index contributed by atoms with van der Waals surface area (Å²) in [6, 6.07) is 13.4. The van der Waals surface area contributed by atoms with Gasteiger partial charge in [0.05, 0.1) is 5.54 Å². The van der Waals surface area contributed by atoms with Crippen LogP contribution in [-0.2, 0) is 5.54 Å². The van der Waals surface area contributed by atoms with Crippen molar-refractivity contribution in [2.24, 2.45) is 5.73 Å². The van der Waals surface area contributed by atoms with E-state index in [1.54, 1.807) is 0 Å². The maximum Gasteiger partial charge on any atom is 0.244 e. The Balaban J connectivity index is 0.00000225. The summed E-state index contributed by atoms with van der Waals surface area (Å²) < 4.78 is 32.5. The van der Waals surface area contributed by atoms with E-state index in [1.807, 2.05) is 30.3 Å². The summed E-state index contributed by atoms with van der Waals surface area (Å²) in [5.74, 6) is -0.837. The van der Waals surface area contributed by atoms with E-state index in [2.05, 4.69) is 10.1 Å². The van der Waals surface area contributed by atoms with Gasteiger partial charge in [-0.05, 0) is 36.6 Å². The first-order chi connectivity index (χ1) is 13.0. The van der Waals surface area contributed by atoms with Gasteiger partial charge in [-0.1, -0.05) is 48.3 Å². The van der Waals surface area contributed by atoms with E-state index >= 15 is 0 Å². The molecule has 0 amide bonds. The molecule has 2 aromatic carbocycles. The number of benzene rings is 2. The van der Waals surface area contributed by atoms with Gasteiger partial charge in [0.2, 0.25) is 5.89 Å². The number of hydrogen-bond donors (Lipinski definition) is 1. The predicted molar refractivity (Wildman–Crippen MR) is 106 cm³/mol. The Morgan fingerprint density at radius 1 is 1.04 bits per heavy atom. The first-order valence-corrected chi connectivity index (χ1v) is 9.73. The van der Waals surface area contributed by atoms with Crippen LogP contribution in [0.1, 0.15) is 48.2 Å². The van der Waals surface area contributed by atoms with Crippen LogP contribution in [0.2, 0.25) is 0 Å². The summed E-state index contributed by atoms with van der Waals surface area (Å²) >= 11 is 1.33. The van der Waals surface area contributed by atoms with Gasteiger partial charge in [0, 0.05) is 4.90 Å². The van der Waals surface area contributed by atoms with Gasteiger partial charge in [-0.15, -0.1) is 24.2 Å². The largest absolute Gasteiger partial charge is 0.338 e. The van der Waals surface area contributed by atoms with Gasteiger partial charge in [0.15, 0.2) is 17.5 Å². The SMILES string of the molecule is Cl.NC1(c2noc(C(Sc3ccc(F)c(F)c3)c3ccccc3)n2)CCCC1. The lowest BCUT2D eigenvalue weighted by Gasteiger charge is -2.18. The Morgan fingerprint density at radius 3 is 2.43 bits per heavy atom. The Morgan fingerprint density at radius 2 is 1.75 bits per heavy atom. The lowest BCUT2D eigenvalue weighted by Crippen LogP contribution is -2.34. The minimum absolute atomic E-state index is 0. The second kappa shape index (κ2) is 8.59. The highest BCUT2D eigenvalue weighted by Gasteiger charge is 2.37. The normalized spacial score (nSPS) is 16.5. The number of halogens is 3. The number of thioether (sulfide) groups is 1. The van der Waals surface area contributed by atoms with Crippen molar-refractivity contribution in [3.63, 3.8) is 0 Å². The fourth-order valence-corrected chi connectivity index (χ4v) is 4.43. The number of aromatic nitrogens is 2. The first kappa shape index (κ1) is 20.8. The Bertz CT molecular complexity index is 932. The van der Waals surface area contributed by atoms with Crippen molar-refractivity contribution in [3.8, 4) is 0 Å². The molecule has 0 spiro atoms. The average molecular weight is 424 g/mol. The Kier molecular flexibility index (Phi) is 6.37. The molecule has 1 aliphatic rings. The third-order valence-corrected chi connectivity index (χ3v) is 6.09.